The molecule has 0 spiro atoms. The number of fused-ring (bicyclic) bond motifs is 1. The second-order valence-electron chi connectivity index (χ2n) is 5.05. The lowest BCUT2D eigenvalue weighted by Gasteiger charge is -2.22. The van der Waals surface area contributed by atoms with E-state index in [4.69, 9.17) is 20.8 Å². The van der Waals surface area contributed by atoms with Gasteiger partial charge in [-0.3, -0.25) is 0 Å². The first-order chi connectivity index (χ1) is 10.1. The number of rotatable bonds is 2. The highest BCUT2D eigenvalue weighted by molar-refractivity contribution is 7.16. The summed E-state index contributed by atoms with van der Waals surface area (Å²) in [6, 6.07) is 3.20. The van der Waals surface area contributed by atoms with E-state index in [1.807, 2.05) is 0 Å². The molecule has 1 amide bonds. The molecule has 21 heavy (non-hydrogen) atoms. The number of hydrogen-bond acceptors (Lipinski definition) is 5. The predicted octanol–water partition coefficient (Wildman–Crippen LogP) is 3.93. The normalized spacial score (nSPS) is 16.0. The zero-order chi connectivity index (χ0) is 14.8. The van der Waals surface area contributed by atoms with Crippen LogP contribution in [0, 0.1) is 0 Å². The molecule has 1 saturated carbocycles. The molecular formula is C14H14ClNO4S. The summed E-state index contributed by atoms with van der Waals surface area (Å²) < 4.78 is 10.8. The van der Waals surface area contributed by atoms with Gasteiger partial charge in [0.1, 0.15) is 0 Å². The van der Waals surface area contributed by atoms with Crippen molar-refractivity contribution >= 4 is 39.3 Å². The van der Waals surface area contributed by atoms with Gasteiger partial charge in [-0.2, -0.15) is 0 Å². The highest BCUT2D eigenvalue weighted by atomic mass is 35.5. The molecule has 7 heteroatoms. The molecule has 0 unspecified atom stereocenters. The van der Waals surface area contributed by atoms with Crippen LogP contribution in [0.5, 0.6) is 5.75 Å². The van der Waals surface area contributed by atoms with Crippen LogP contribution in [0.4, 0.5) is 4.79 Å². The maximum absolute atomic E-state index is 11.9. The van der Waals surface area contributed by atoms with E-state index in [2.05, 4.69) is 5.32 Å². The minimum absolute atomic E-state index is 0.165. The minimum atomic E-state index is -0.515. The van der Waals surface area contributed by atoms with Crippen LogP contribution in [0.15, 0.2) is 21.3 Å². The second-order valence-corrected chi connectivity index (χ2v) is 6.44. The van der Waals surface area contributed by atoms with Gasteiger partial charge < -0.3 is 14.5 Å². The van der Waals surface area contributed by atoms with Crippen molar-refractivity contribution in [3.63, 3.8) is 0 Å². The molecule has 2 aromatic rings. The Hall–Kier alpha value is -1.53. The third-order valence-corrected chi connectivity index (χ3v) is 4.60. The molecule has 0 atom stereocenters. The van der Waals surface area contributed by atoms with E-state index in [1.54, 1.807) is 6.07 Å². The molecule has 112 valence electrons. The zero-order valence-corrected chi connectivity index (χ0v) is 12.8. The van der Waals surface area contributed by atoms with Gasteiger partial charge in [-0.05, 0) is 12.8 Å². The van der Waals surface area contributed by atoms with Crippen LogP contribution in [-0.2, 0) is 0 Å². The van der Waals surface area contributed by atoms with Gasteiger partial charge in [0.25, 0.3) is 0 Å². The van der Waals surface area contributed by atoms with Gasteiger partial charge in [0.2, 0.25) is 0 Å². The predicted molar refractivity (Wildman–Crippen MR) is 81.4 cm³/mol. The van der Waals surface area contributed by atoms with Crippen molar-refractivity contribution in [1.29, 1.82) is 0 Å². The zero-order valence-electron chi connectivity index (χ0n) is 11.2. The van der Waals surface area contributed by atoms with Gasteiger partial charge in [0, 0.05) is 18.2 Å². The first-order valence-electron chi connectivity index (χ1n) is 6.83. The smallest absolute Gasteiger partial charge is 0.412 e. The number of halogens is 1. The summed E-state index contributed by atoms with van der Waals surface area (Å²) in [5.74, 6) is 0.231. The van der Waals surface area contributed by atoms with Crippen LogP contribution in [0.25, 0.3) is 10.3 Å². The minimum Gasteiger partial charge on any atom is -0.414 e. The lowest BCUT2D eigenvalue weighted by atomic mass is 9.96. The van der Waals surface area contributed by atoms with Crippen LogP contribution in [0.1, 0.15) is 32.1 Å². The Kier molecular flexibility index (Phi) is 4.17. The number of nitrogens with one attached hydrogen (secondary N) is 1. The van der Waals surface area contributed by atoms with Gasteiger partial charge in [-0.25, -0.2) is 9.59 Å². The van der Waals surface area contributed by atoms with Gasteiger partial charge in [0.15, 0.2) is 11.3 Å². The topological polar surface area (TPSA) is 68.5 Å². The Morgan fingerprint density at radius 1 is 1.33 bits per heavy atom. The molecule has 0 saturated heterocycles. The van der Waals surface area contributed by atoms with E-state index in [0.717, 1.165) is 37.0 Å². The summed E-state index contributed by atoms with van der Waals surface area (Å²) in [5, 5.41) is 3.09. The van der Waals surface area contributed by atoms with E-state index < -0.39 is 11.0 Å². The van der Waals surface area contributed by atoms with Crippen LogP contribution in [-0.4, -0.2) is 12.1 Å². The van der Waals surface area contributed by atoms with Crippen molar-refractivity contribution in [3.05, 3.63) is 26.9 Å². The van der Waals surface area contributed by atoms with Gasteiger partial charge in [-0.1, -0.05) is 42.2 Å². The number of carbonyl (C=O) groups excluding carboxylic acids is 1. The van der Waals surface area contributed by atoms with Crippen LogP contribution in [0.3, 0.4) is 0 Å². The average Bonchev–Trinajstić information content (AvgIpc) is 2.79. The molecule has 0 bridgehead atoms. The van der Waals surface area contributed by atoms with E-state index >= 15 is 0 Å². The van der Waals surface area contributed by atoms with Crippen molar-refractivity contribution in [1.82, 2.24) is 5.32 Å². The number of hydrogen-bond donors (Lipinski definition) is 1. The number of benzene rings is 1. The first kappa shape index (κ1) is 14.4. The Bertz CT molecular complexity index is 717. The quantitative estimate of drug-likeness (QED) is 0.907. The molecule has 0 aliphatic heterocycles. The van der Waals surface area contributed by atoms with Gasteiger partial charge in [0.05, 0.1) is 9.72 Å². The average molecular weight is 328 g/mol. The summed E-state index contributed by atoms with van der Waals surface area (Å²) in [4.78, 5) is 22.7. The number of carbonyl (C=O) groups is 1. The Labute approximate surface area is 129 Å². The molecule has 3 rings (SSSR count). The lowest BCUT2D eigenvalue weighted by Crippen LogP contribution is -2.38. The summed E-state index contributed by atoms with van der Waals surface area (Å²) in [7, 11) is 0. The molecule has 1 aromatic heterocycles. The molecule has 1 N–H and O–H groups in total. The first-order valence-corrected chi connectivity index (χ1v) is 8.03. The Morgan fingerprint density at radius 3 is 2.86 bits per heavy atom. The summed E-state index contributed by atoms with van der Waals surface area (Å²) in [6.45, 7) is 0. The Morgan fingerprint density at radius 2 is 2.10 bits per heavy atom. The van der Waals surface area contributed by atoms with Crippen LogP contribution >= 0.6 is 22.9 Å². The summed E-state index contributed by atoms with van der Waals surface area (Å²) in [5.41, 5.74) is 0.398. The van der Waals surface area contributed by atoms with Crippen molar-refractivity contribution < 1.29 is 13.9 Å². The summed E-state index contributed by atoms with van der Waals surface area (Å²) >= 11 is 6.98. The van der Waals surface area contributed by atoms with Crippen molar-refractivity contribution in [3.8, 4) is 5.75 Å². The monoisotopic (exact) mass is 327 g/mol. The fourth-order valence-corrected chi connectivity index (χ4v) is 3.37. The second kappa shape index (κ2) is 6.07. The molecule has 0 radical (unpaired) electrons. The van der Waals surface area contributed by atoms with Crippen molar-refractivity contribution in [2.24, 2.45) is 0 Å². The van der Waals surface area contributed by atoms with Gasteiger partial charge >= 0.3 is 11.0 Å². The summed E-state index contributed by atoms with van der Waals surface area (Å²) in [6.07, 6.45) is 4.91. The highest BCUT2D eigenvalue weighted by Crippen LogP contribution is 2.31. The largest absolute Gasteiger partial charge is 0.414 e. The molecule has 1 aliphatic carbocycles. The maximum Gasteiger partial charge on any atom is 0.412 e. The van der Waals surface area contributed by atoms with Crippen LogP contribution < -0.4 is 15.0 Å². The molecule has 5 nitrogen and oxygen atoms in total. The fourth-order valence-electron chi connectivity index (χ4n) is 2.50. The number of amides is 1. The lowest BCUT2D eigenvalue weighted by molar-refractivity contribution is 0.192. The highest BCUT2D eigenvalue weighted by Gasteiger charge is 2.18. The Balaban J connectivity index is 1.72. The third kappa shape index (κ3) is 3.39. The van der Waals surface area contributed by atoms with Crippen molar-refractivity contribution in [2.45, 2.75) is 38.1 Å². The van der Waals surface area contributed by atoms with E-state index in [1.165, 1.54) is 12.5 Å². The fraction of sp³-hybridized carbons (Fsp3) is 0.429. The van der Waals surface area contributed by atoms with Crippen molar-refractivity contribution in [2.75, 3.05) is 0 Å². The molecule has 1 aliphatic rings. The van der Waals surface area contributed by atoms with Crippen LogP contribution in [0.2, 0.25) is 5.02 Å². The third-order valence-electron chi connectivity index (χ3n) is 3.51. The molecule has 1 heterocycles. The molecule has 1 fully saturated rings. The number of ether oxygens (including phenoxy) is 1. The van der Waals surface area contributed by atoms with Gasteiger partial charge in [-0.15, -0.1) is 0 Å². The van der Waals surface area contributed by atoms with E-state index in [0.29, 0.717) is 10.3 Å². The molecule has 1 aromatic carbocycles. The standard InChI is InChI=1S/C14H14ClNO4S/c15-9-6-11-12(21-14(18)20-11)7-10(9)19-13(17)16-8-4-2-1-3-5-8/h6-8H,1-5H2,(H,16,17). The maximum atomic E-state index is 11.9. The molecular weight excluding hydrogens is 314 g/mol. The van der Waals surface area contributed by atoms with E-state index in [9.17, 15) is 9.59 Å². The SMILES string of the molecule is O=C(NC1CCCCC1)Oc1cc2sc(=O)oc2cc1Cl. The van der Waals surface area contributed by atoms with E-state index in [-0.39, 0.29) is 16.8 Å².